The molecule has 4 heteroatoms. The zero-order chi connectivity index (χ0) is 10.7. The van der Waals surface area contributed by atoms with E-state index in [1.54, 1.807) is 11.3 Å². The van der Waals surface area contributed by atoms with E-state index in [2.05, 4.69) is 10.6 Å². The largest absolute Gasteiger partial charge is 0.352 e. The van der Waals surface area contributed by atoms with Gasteiger partial charge >= 0.3 is 0 Å². The Morgan fingerprint density at radius 1 is 1.67 bits per heavy atom. The van der Waals surface area contributed by atoms with Gasteiger partial charge in [-0.05, 0) is 43.3 Å². The van der Waals surface area contributed by atoms with Crippen LogP contribution in [0.4, 0.5) is 0 Å². The van der Waals surface area contributed by atoms with E-state index in [-0.39, 0.29) is 5.91 Å². The summed E-state index contributed by atoms with van der Waals surface area (Å²) in [6.07, 6.45) is 1.17. The van der Waals surface area contributed by atoms with Crippen LogP contribution >= 0.6 is 11.3 Å². The predicted octanol–water partition coefficient (Wildman–Crippen LogP) is 1.40. The first-order chi connectivity index (χ1) is 7.27. The van der Waals surface area contributed by atoms with Crippen molar-refractivity contribution in [1.29, 1.82) is 0 Å². The quantitative estimate of drug-likeness (QED) is 0.814. The minimum absolute atomic E-state index is 0.0700. The molecule has 82 valence electrons. The fourth-order valence-corrected chi connectivity index (χ4v) is 2.64. The first-order valence-corrected chi connectivity index (χ1v) is 6.23. The highest BCUT2D eigenvalue weighted by atomic mass is 32.1. The van der Waals surface area contributed by atoms with Crippen LogP contribution < -0.4 is 10.6 Å². The van der Waals surface area contributed by atoms with Crippen molar-refractivity contribution < 1.29 is 4.79 Å². The van der Waals surface area contributed by atoms with Gasteiger partial charge in [-0.3, -0.25) is 4.79 Å². The van der Waals surface area contributed by atoms with Crippen LogP contribution in [0.2, 0.25) is 0 Å². The van der Waals surface area contributed by atoms with Crippen LogP contribution in [0, 0.1) is 12.8 Å². The van der Waals surface area contributed by atoms with E-state index >= 15 is 0 Å². The van der Waals surface area contributed by atoms with Crippen LogP contribution in [0.5, 0.6) is 0 Å². The molecule has 2 rings (SSSR count). The highest BCUT2D eigenvalue weighted by Crippen LogP contribution is 2.13. The average molecular weight is 224 g/mol. The van der Waals surface area contributed by atoms with Crippen molar-refractivity contribution in [3.8, 4) is 0 Å². The first kappa shape index (κ1) is 10.6. The van der Waals surface area contributed by atoms with Crippen molar-refractivity contribution in [3.05, 3.63) is 21.9 Å². The molecule has 3 nitrogen and oxygen atoms in total. The topological polar surface area (TPSA) is 41.1 Å². The van der Waals surface area contributed by atoms with Gasteiger partial charge in [-0.15, -0.1) is 0 Å². The average Bonchev–Trinajstić information content (AvgIpc) is 2.84. The summed E-state index contributed by atoms with van der Waals surface area (Å²) in [6, 6.07) is 0. The second-order valence-electron chi connectivity index (χ2n) is 4.04. The molecule has 15 heavy (non-hydrogen) atoms. The summed E-state index contributed by atoms with van der Waals surface area (Å²) in [5.74, 6) is 0.675. The molecule has 0 spiro atoms. The van der Waals surface area contributed by atoms with E-state index in [1.165, 1.54) is 6.42 Å². The number of carbonyl (C=O) groups is 1. The van der Waals surface area contributed by atoms with Gasteiger partial charge in [0.1, 0.15) is 0 Å². The van der Waals surface area contributed by atoms with E-state index in [9.17, 15) is 4.79 Å². The molecule has 1 atom stereocenters. The molecule has 1 fully saturated rings. The van der Waals surface area contributed by atoms with Crippen LogP contribution in [0.25, 0.3) is 0 Å². The number of hydrogen-bond donors (Lipinski definition) is 2. The third kappa shape index (κ3) is 2.58. The molecule has 1 aromatic rings. The van der Waals surface area contributed by atoms with Gasteiger partial charge in [-0.2, -0.15) is 11.3 Å². The van der Waals surface area contributed by atoms with Crippen molar-refractivity contribution in [1.82, 2.24) is 10.6 Å². The van der Waals surface area contributed by atoms with Gasteiger partial charge in [0.25, 0.3) is 5.91 Å². The minimum atomic E-state index is 0.0700. The van der Waals surface area contributed by atoms with Gasteiger partial charge in [0.2, 0.25) is 0 Å². The smallest absolute Gasteiger partial charge is 0.252 e. The van der Waals surface area contributed by atoms with Crippen molar-refractivity contribution in [2.24, 2.45) is 5.92 Å². The number of carbonyl (C=O) groups excluding carboxylic acids is 1. The molecule has 1 amide bonds. The molecule has 0 saturated carbocycles. The Morgan fingerprint density at radius 2 is 2.53 bits per heavy atom. The van der Waals surface area contributed by atoms with Crippen LogP contribution in [0.3, 0.4) is 0 Å². The van der Waals surface area contributed by atoms with Crippen molar-refractivity contribution in [2.75, 3.05) is 19.6 Å². The lowest BCUT2D eigenvalue weighted by molar-refractivity contribution is 0.0948. The highest BCUT2D eigenvalue weighted by Gasteiger charge is 2.16. The zero-order valence-corrected chi connectivity index (χ0v) is 9.69. The van der Waals surface area contributed by atoms with Crippen molar-refractivity contribution >= 4 is 17.2 Å². The summed E-state index contributed by atoms with van der Waals surface area (Å²) in [5, 5.41) is 10.2. The van der Waals surface area contributed by atoms with Crippen molar-refractivity contribution in [3.63, 3.8) is 0 Å². The number of rotatable bonds is 3. The molecule has 1 saturated heterocycles. The second kappa shape index (κ2) is 4.77. The Hall–Kier alpha value is -0.870. The lowest BCUT2D eigenvalue weighted by Gasteiger charge is -2.09. The third-order valence-electron chi connectivity index (χ3n) is 2.81. The van der Waals surface area contributed by atoms with Gasteiger partial charge in [0.15, 0.2) is 0 Å². The summed E-state index contributed by atoms with van der Waals surface area (Å²) < 4.78 is 0. The number of thiophene rings is 1. The number of hydrogen-bond acceptors (Lipinski definition) is 3. The zero-order valence-electron chi connectivity index (χ0n) is 8.88. The monoisotopic (exact) mass is 224 g/mol. The lowest BCUT2D eigenvalue weighted by Crippen LogP contribution is -2.30. The SMILES string of the molecule is Cc1cscc1C(=O)NCC1CCNC1. The minimum Gasteiger partial charge on any atom is -0.352 e. The molecule has 1 aliphatic rings. The summed E-state index contributed by atoms with van der Waals surface area (Å²) in [4.78, 5) is 11.8. The molecular formula is C11H16N2OS. The molecular weight excluding hydrogens is 208 g/mol. The molecule has 1 aromatic heterocycles. The van der Waals surface area contributed by atoms with Crippen LogP contribution in [0.1, 0.15) is 22.3 Å². The van der Waals surface area contributed by atoms with E-state index in [0.717, 1.165) is 30.8 Å². The van der Waals surface area contributed by atoms with Gasteiger partial charge < -0.3 is 10.6 Å². The molecule has 2 N–H and O–H groups in total. The fraction of sp³-hybridized carbons (Fsp3) is 0.545. The number of nitrogens with one attached hydrogen (secondary N) is 2. The molecule has 1 aliphatic heterocycles. The van der Waals surface area contributed by atoms with Gasteiger partial charge in [-0.1, -0.05) is 0 Å². The molecule has 2 heterocycles. The summed E-state index contributed by atoms with van der Waals surface area (Å²) in [7, 11) is 0. The summed E-state index contributed by atoms with van der Waals surface area (Å²) >= 11 is 1.58. The Bertz CT molecular complexity index is 342. The maximum atomic E-state index is 11.8. The van der Waals surface area contributed by atoms with E-state index < -0.39 is 0 Å². The predicted molar refractivity (Wildman–Crippen MR) is 62.4 cm³/mol. The van der Waals surface area contributed by atoms with Crippen molar-refractivity contribution in [2.45, 2.75) is 13.3 Å². The normalized spacial score (nSPS) is 20.5. The van der Waals surface area contributed by atoms with Gasteiger partial charge in [0.05, 0.1) is 5.56 Å². The van der Waals surface area contributed by atoms with E-state index in [0.29, 0.717) is 5.92 Å². The maximum absolute atomic E-state index is 11.8. The Labute approximate surface area is 93.9 Å². The summed E-state index contributed by atoms with van der Waals surface area (Å²) in [6.45, 7) is 4.88. The first-order valence-electron chi connectivity index (χ1n) is 5.29. The van der Waals surface area contributed by atoms with E-state index in [1.807, 2.05) is 17.7 Å². The standard InChI is InChI=1S/C11H16N2OS/c1-8-6-15-7-10(8)11(14)13-5-9-2-3-12-4-9/h6-7,9,12H,2-5H2,1H3,(H,13,14). The molecule has 1 unspecified atom stereocenters. The van der Waals surface area contributed by atoms with E-state index in [4.69, 9.17) is 0 Å². The molecule has 0 radical (unpaired) electrons. The van der Waals surface area contributed by atoms with Crippen LogP contribution in [-0.4, -0.2) is 25.5 Å². The highest BCUT2D eigenvalue weighted by molar-refractivity contribution is 7.08. The van der Waals surface area contributed by atoms with Crippen LogP contribution in [-0.2, 0) is 0 Å². The van der Waals surface area contributed by atoms with Gasteiger partial charge in [0, 0.05) is 11.9 Å². The molecule has 0 bridgehead atoms. The Balaban J connectivity index is 1.84. The lowest BCUT2D eigenvalue weighted by atomic mass is 10.1. The number of amides is 1. The Morgan fingerprint density at radius 3 is 3.13 bits per heavy atom. The Kier molecular flexibility index (Phi) is 3.38. The molecule has 0 aromatic carbocycles. The summed E-state index contributed by atoms with van der Waals surface area (Å²) in [5.41, 5.74) is 1.90. The fourth-order valence-electron chi connectivity index (χ4n) is 1.81. The van der Waals surface area contributed by atoms with Crippen LogP contribution in [0.15, 0.2) is 10.8 Å². The second-order valence-corrected chi connectivity index (χ2v) is 4.78. The third-order valence-corrected chi connectivity index (χ3v) is 3.68. The number of aryl methyl sites for hydroxylation is 1. The maximum Gasteiger partial charge on any atom is 0.252 e. The van der Waals surface area contributed by atoms with Gasteiger partial charge in [-0.25, -0.2) is 0 Å². The molecule has 0 aliphatic carbocycles.